The van der Waals surface area contributed by atoms with Crippen LogP contribution < -0.4 is 15.5 Å². The summed E-state index contributed by atoms with van der Waals surface area (Å²) in [6.07, 6.45) is 1.34. The highest BCUT2D eigenvalue weighted by Crippen LogP contribution is 2.33. The Morgan fingerprint density at radius 2 is 2.04 bits per heavy atom. The number of nitrogens with zero attached hydrogens (tertiary/aromatic N) is 2. The van der Waals surface area contributed by atoms with E-state index in [2.05, 4.69) is 10.6 Å². The van der Waals surface area contributed by atoms with E-state index in [4.69, 9.17) is 5.26 Å². The molecule has 7 heteroatoms. The standard InChI is InChI=1S/C16H17FN4O2/c1-16(14(22)19-15(23)20-16)10-5-7-21(8-6-10)13-4-2-3-12(17)11(13)9-18/h2-4,10H,5-8H2,1H3,(H2,19,20,22,23). The molecule has 3 amide bonds. The number of anilines is 1. The minimum Gasteiger partial charge on any atom is -0.370 e. The van der Waals surface area contributed by atoms with Gasteiger partial charge in [-0.2, -0.15) is 5.26 Å². The maximum Gasteiger partial charge on any atom is 0.322 e. The van der Waals surface area contributed by atoms with Crippen LogP contribution in [-0.4, -0.2) is 30.6 Å². The quantitative estimate of drug-likeness (QED) is 0.810. The highest BCUT2D eigenvalue weighted by molar-refractivity contribution is 6.07. The molecule has 23 heavy (non-hydrogen) atoms. The molecule has 0 aromatic heterocycles. The van der Waals surface area contributed by atoms with Gasteiger partial charge in [-0.25, -0.2) is 9.18 Å². The molecule has 1 atom stereocenters. The van der Waals surface area contributed by atoms with E-state index in [1.807, 2.05) is 11.0 Å². The van der Waals surface area contributed by atoms with E-state index in [1.165, 1.54) is 6.07 Å². The smallest absolute Gasteiger partial charge is 0.322 e. The molecule has 2 N–H and O–H groups in total. The topological polar surface area (TPSA) is 85.2 Å². The van der Waals surface area contributed by atoms with Crippen molar-refractivity contribution in [2.24, 2.45) is 5.92 Å². The van der Waals surface area contributed by atoms with Crippen LogP contribution >= 0.6 is 0 Å². The molecule has 120 valence electrons. The number of nitriles is 1. The van der Waals surface area contributed by atoms with Crippen LogP contribution in [0.3, 0.4) is 0 Å². The predicted molar refractivity (Wildman–Crippen MR) is 81.1 cm³/mol. The summed E-state index contributed by atoms with van der Waals surface area (Å²) in [5.74, 6) is -0.824. The third-order valence-corrected chi connectivity index (χ3v) is 4.83. The molecule has 2 aliphatic heterocycles. The van der Waals surface area contributed by atoms with Crippen molar-refractivity contribution in [1.29, 1.82) is 5.26 Å². The highest BCUT2D eigenvalue weighted by atomic mass is 19.1. The number of halogens is 1. The van der Waals surface area contributed by atoms with Gasteiger partial charge in [0.05, 0.1) is 5.69 Å². The summed E-state index contributed by atoms with van der Waals surface area (Å²) >= 11 is 0. The molecule has 0 aliphatic carbocycles. The van der Waals surface area contributed by atoms with Gasteiger partial charge in [-0.05, 0) is 37.8 Å². The number of hydrogen-bond acceptors (Lipinski definition) is 4. The molecule has 0 bridgehead atoms. The number of imide groups is 1. The predicted octanol–water partition coefficient (Wildman–Crippen LogP) is 1.51. The van der Waals surface area contributed by atoms with Gasteiger partial charge in [-0.3, -0.25) is 10.1 Å². The van der Waals surface area contributed by atoms with E-state index in [9.17, 15) is 14.0 Å². The van der Waals surface area contributed by atoms with Crippen molar-refractivity contribution in [2.75, 3.05) is 18.0 Å². The SMILES string of the molecule is CC1(C2CCN(c3cccc(F)c3C#N)CC2)NC(=O)NC1=O. The lowest BCUT2D eigenvalue weighted by molar-refractivity contribution is -0.125. The first kappa shape index (κ1) is 15.3. The molecular formula is C16H17FN4O2. The van der Waals surface area contributed by atoms with Crippen molar-refractivity contribution in [3.05, 3.63) is 29.6 Å². The lowest BCUT2D eigenvalue weighted by atomic mass is 9.79. The normalized spacial score (nSPS) is 25.0. The summed E-state index contributed by atoms with van der Waals surface area (Å²) in [6, 6.07) is 6.04. The third-order valence-electron chi connectivity index (χ3n) is 4.83. The monoisotopic (exact) mass is 316 g/mol. The Morgan fingerprint density at radius 3 is 2.61 bits per heavy atom. The first-order valence-corrected chi connectivity index (χ1v) is 7.53. The summed E-state index contributed by atoms with van der Waals surface area (Å²) in [7, 11) is 0. The molecule has 1 aromatic carbocycles. The number of carbonyl (C=O) groups excluding carboxylic acids is 2. The Bertz CT molecular complexity index is 707. The van der Waals surface area contributed by atoms with Crippen LogP contribution in [0, 0.1) is 23.1 Å². The summed E-state index contributed by atoms with van der Waals surface area (Å²) in [5.41, 5.74) is -0.275. The van der Waals surface area contributed by atoms with Crippen LogP contribution in [0.4, 0.5) is 14.9 Å². The summed E-state index contributed by atoms with van der Waals surface area (Å²) in [5, 5.41) is 14.1. The Balaban J connectivity index is 1.75. The van der Waals surface area contributed by atoms with Crippen LogP contribution in [0.5, 0.6) is 0 Å². The van der Waals surface area contributed by atoms with E-state index in [0.29, 0.717) is 31.6 Å². The lowest BCUT2D eigenvalue weighted by Crippen LogP contribution is -2.53. The van der Waals surface area contributed by atoms with Gasteiger partial charge in [-0.15, -0.1) is 0 Å². The minimum absolute atomic E-state index is 0.00398. The number of urea groups is 1. The van der Waals surface area contributed by atoms with Crippen LogP contribution in [0.15, 0.2) is 18.2 Å². The van der Waals surface area contributed by atoms with Gasteiger partial charge in [0.2, 0.25) is 0 Å². The fourth-order valence-corrected chi connectivity index (χ4v) is 3.43. The van der Waals surface area contributed by atoms with E-state index >= 15 is 0 Å². The molecule has 0 saturated carbocycles. The van der Waals surface area contributed by atoms with Crippen molar-refractivity contribution in [3.8, 4) is 6.07 Å². The van der Waals surface area contributed by atoms with E-state index in [-0.39, 0.29) is 17.4 Å². The van der Waals surface area contributed by atoms with Gasteiger partial charge in [0.15, 0.2) is 0 Å². The number of benzene rings is 1. The first-order chi connectivity index (χ1) is 11.0. The van der Waals surface area contributed by atoms with Crippen molar-refractivity contribution in [3.63, 3.8) is 0 Å². The van der Waals surface area contributed by atoms with Crippen molar-refractivity contribution >= 4 is 17.6 Å². The second-order valence-corrected chi connectivity index (χ2v) is 6.12. The van der Waals surface area contributed by atoms with Gasteiger partial charge in [0.1, 0.15) is 23.0 Å². The summed E-state index contributed by atoms with van der Waals surface area (Å²) in [4.78, 5) is 25.3. The Hall–Kier alpha value is -2.62. The Kier molecular flexibility index (Phi) is 3.68. The largest absolute Gasteiger partial charge is 0.370 e. The average molecular weight is 316 g/mol. The third kappa shape index (κ3) is 2.50. The number of rotatable bonds is 2. The summed E-state index contributed by atoms with van der Waals surface area (Å²) in [6.45, 7) is 2.93. The molecule has 1 aromatic rings. The molecule has 2 fully saturated rings. The molecule has 6 nitrogen and oxygen atoms in total. The van der Waals surface area contributed by atoms with Gasteiger partial charge in [0, 0.05) is 13.1 Å². The molecule has 1 unspecified atom stereocenters. The number of hydrogen-bond donors (Lipinski definition) is 2. The van der Waals surface area contributed by atoms with Gasteiger partial charge < -0.3 is 10.2 Å². The van der Waals surface area contributed by atoms with Gasteiger partial charge >= 0.3 is 6.03 Å². The maximum atomic E-state index is 13.7. The Morgan fingerprint density at radius 1 is 1.35 bits per heavy atom. The van der Waals surface area contributed by atoms with Crippen LogP contribution in [0.2, 0.25) is 0 Å². The van der Waals surface area contributed by atoms with Gasteiger partial charge in [0.25, 0.3) is 5.91 Å². The highest BCUT2D eigenvalue weighted by Gasteiger charge is 2.48. The zero-order chi connectivity index (χ0) is 16.6. The van der Waals surface area contributed by atoms with Crippen molar-refractivity contribution in [2.45, 2.75) is 25.3 Å². The van der Waals surface area contributed by atoms with Crippen molar-refractivity contribution < 1.29 is 14.0 Å². The fourth-order valence-electron chi connectivity index (χ4n) is 3.43. The van der Waals surface area contributed by atoms with E-state index in [0.717, 1.165) is 0 Å². The number of amides is 3. The zero-order valence-corrected chi connectivity index (χ0v) is 12.7. The second kappa shape index (κ2) is 5.54. The molecule has 2 saturated heterocycles. The zero-order valence-electron chi connectivity index (χ0n) is 12.7. The Labute approximate surface area is 133 Å². The summed E-state index contributed by atoms with van der Waals surface area (Å²) < 4.78 is 13.7. The molecule has 3 rings (SSSR count). The average Bonchev–Trinajstić information content (AvgIpc) is 2.80. The molecular weight excluding hydrogens is 299 g/mol. The molecule has 2 aliphatic rings. The maximum absolute atomic E-state index is 13.7. The number of carbonyl (C=O) groups is 2. The van der Waals surface area contributed by atoms with Crippen LogP contribution in [0.25, 0.3) is 0 Å². The van der Waals surface area contributed by atoms with Crippen LogP contribution in [0.1, 0.15) is 25.3 Å². The molecule has 0 spiro atoms. The molecule has 0 radical (unpaired) electrons. The lowest BCUT2D eigenvalue weighted by Gasteiger charge is -2.39. The fraction of sp³-hybridized carbons (Fsp3) is 0.438. The minimum atomic E-state index is -0.900. The van der Waals surface area contributed by atoms with E-state index < -0.39 is 17.4 Å². The second-order valence-electron chi connectivity index (χ2n) is 6.12. The van der Waals surface area contributed by atoms with Gasteiger partial charge in [-0.1, -0.05) is 6.07 Å². The van der Waals surface area contributed by atoms with Crippen molar-refractivity contribution in [1.82, 2.24) is 10.6 Å². The number of nitrogens with one attached hydrogen (secondary N) is 2. The number of piperidine rings is 1. The van der Waals surface area contributed by atoms with E-state index in [1.54, 1.807) is 19.1 Å². The first-order valence-electron chi connectivity index (χ1n) is 7.53. The van der Waals surface area contributed by atoms with Crippen LogP contribution in [-0.2, 0) is 4.79 Å². The molecule has 2 heterocycles.